The van der Waals surface area contributed by atoms with Crippen LogP contribution in [0.4, 0.5) is 5.13 Å². The van der Waals surface area contributed by atoms with Gasteiger partial charge in [0.2, 0.25) is 0 Å². The van der Waals surface area contributed by atoms with Gasteiger partial charge >= 0.3 is 0 Å². The van der Waals surface area contributed by atoms with Crippen LogP contribution < -0.4 is 10.5 Å². The third-order valence-corrected chi connectivity index (χ3v) is 5.43. The SMILES string of the molecule is COc1cccc(Cc2sc(N)nc2CN(C)C2CCOCC2)c1. The average Bonchev–Trinajstić information content (AvgIpc) is 2.94. The summed E-state index contributed by atoms with van der Waals surface area (Å²) >= 11 is 1.59. The lowest BCUT2D eigenvalue weighted by Crippen LogP contribution is -2.36. The van der Waals surface area contributed by atoms with Crippen molar-refractivity contribution in [3.8, 4) is 5.75 Å². The topological polar surface area (TPSA) is 60.6 Å². The van der Waals surface area contributed by atoms with E-state index in [2.05, 4.69) is 29.1 Å². The highest BCUT2D eigenvalue weighted by Crippen LogP contribution is 2.27. The Balaban J connectivity index is 1.72. The number of nitrogen functional groups attached to an aromatic ring is 1. The monoisotopic (exact) mass is 347 g/mol. The molecule has 130 valence electrons. The van der Waals surface area contributed by atoms with Crippen LogP contribution in [0.5, 0.6) is 5.75 Å². The van der Waals surface area contributed by atoms with Crippen molar-refractivity contribution in [1.29, 1.82) is 0 Å². The highest BCUT2D eigenvalue weighted by molar-refractivity contribution is 7.15. The number of aromatic nitrogens is 1. The van der Waals surface area contributed by atoms with Crippen molar-refractivity contribution in [2.75, 3.05) is 33.1 Å². The Morgan fingerprint density at radius 3 is 2.92 bits per heavy atom. The minimum absolute atomic E-state index is 0.561. The Hall–Kier alpha value is -1.63. The summed E-state index contributed by atoms with van der Waals surface area (Å²) < 4.78 is 10.8. The summed E-state index contributed by atoms with van der Waals surface area (Å²) in [4.78, 5) is 8.19. The number of nitrogens with zero attached hydrogens (tertiary/aromatic N) is 2. The Morgan fingerprint density at radius 1 is 1.38 bits per heavy atom. The minimum Gasteiger partial charge on any atom is -0.497 e. The molecule has 0 spiro atoms. The number of anilines is 1. The molecule has 1 saturated heterocycles. The number of hydrogen-bond donors (Lipinski definition) is 1. The molecular weight excluding hydrogens is 322 g/mol. The van der Waals surface area contributed by atoms with Crippen molar-refractivity contribution in [1.82, 2.24) is 9.88 Å². The molecule has 1 aliphatic heterocycles. The molecule has 0 amide bonds. The van der Waals surface area contributed by atoms with E-state index >= 15 is 0 Å². The van der Waals surface area contributed by atoms with Crippen LogP contribution in [0.15, 0.2) is 24.3 Å². The summed E-state index contributed by atoms with van der Waals surface area (Å²) in [6.45, 7) is 2.54. The van der Waals surface area contributed by atoms with Crippen LogP contribution in [0.3, 0.4) is 0 Å². The van der Waals surface area contributed by atoms with Crippen molar-refractivity contribution in [3.63, 3.8) is 0 Å². The Kier molecular flexibility index (Phi) is 5.71. The smallest absolute Gasteiger partial charge is 0.180 e. The van der Waals surface area contributed by atoms with Gasteiger partial charge in [-0.15, -0.1) is 11.3 Å². The first-order chi connectivity index (χ1) is 11.7. The molecule has 0 radical (unpaired) electrons. The maximum Gasteiger partial charge on any atom is 0.180 e. The molecule has 2 N–H and O–H groups in total. The lowest BCUT2D eigenvalue weighted by molar-refractivity contribution is 0.0403. The van der Waals surface area contributed by atoms with Gasteiger partial charge in [0, 0.05) is 37.1 Å². The van der Waals surface area contributed by atoms with Gasteiger partial charge in [-0.2, -0.15) is 0 Å². The van der Waals surface area contributed by atoms with Crippen molar-refractivity contribution in [2.45, 2.75) is 31.8 Å². The van der Waals surface area contributed by atoms with Crippen molar-refractivity contribution in [2.24, 2.45) is 0 Å². The molecule has 24 heavy (non-hydrogen) atoms. The summed E-state index contributed by atoms with van der Waals surface area (Å²) in [7, 11) is 3.86. The van der Waals surface area contributed by atoms with E-state index in [1.807, 2.05) is 12.1 Å². The molecule has 1 aliphatic rings. The molecule has 1 fully saturated rings. The fourth-order valence-electron chi connectivity index (χ4n) is 3.12. The third-order valence-electron chi connectivity index (χ3n) is 4.51. The summed E-state index contributed by atoms with van der Waals surface area (Å²) in [6, 6.07) is 8.73. The molecule has 0 bridgehead atoms. The van der Waals surface area contributed by atoms with E-state index in [0.717, 1.165) is 50.5 Å². The highest BCUT2D eigenvalue weighted by atomic mass is 32.1. The number of ether oxygens (including phenoxy) is 2. The first-order valence-electron chi connectivity index (χ1n) is 8.30. The van der Waals surface area contributed by atoms with Crippen LogP contribution in [0.1, 0.15) is 29.0 Å². The van der Waals surface area contributed by atoms with Gasteiger partial charge in [-0.3, -0.25) is 4.90 Å². The zero-order chi connectivity index (χ0) is 16.9. The fourth-order valence-corrected chi connectivity index (χ4v) is 4.00. The molecule has 6 heteroatoms. The van der Waals surface area contributed by atoms with Crippen molar-refractivity contribution < 1.29 is 9.47 Å². The largest absolute Gasteiger partial charge is 0.497 e. The van der Waals surface area contributed by atoms with Crippen LogP contribution >= 0.6 is 11.3 Å². The zero-order valence-corrected chi connectivity index (χ0v) is 15.1. The van der Waals surface area contributed by atoms with E-state index in [4.69, 9.17) is 15.2 Å². The molecule has 5 nitrogen and oxygen atoms in total. The number of nitrogens with two attached hydrogens (primary N) is 1. The van der Waals surface area contributed by atoms with Crippen molar-refractivity contribution >= 4 is 16.5 Å². The van der Waals surface area contributed by atoms with Crippen LogP contribution in [0.25, 0.3) is 0 Å². The van der Waals surface area contributed by atoms with Crippen LogP contribution in [-0.4, -0.2) is 43.3 Å². The second-order valence-corrected chi connectivity index (χ2v) is 7.32. The fraction of sp³-hybridized carbons (Fsp3) is 0.500. The maximum atomic E-state index is 5.99. The van der Waals surface area contributed by atoms with Crippen molar-refractivity contribution in [3.05, 3.63) is 40.4 Å². The molecule has 0 saturated carbocycles. The lowest BCUT2D eigenvalue weighted by atomic mass is 10.1. The second-order valence-electron chi connectivity index (χ2n) is 6.21. The number of methoxy groups -OCH3 is 1. The van der Waals surface area contributed by atoms with Gasteiger partial charge < -0.3 is 15.2 Å². The standard InChI is InChI=1S/C18H25N3O2S/c1-21(14-6-8-23-9-7-14)12-16-17(24-18(19)20-16)11-13-4-3-5-15(10-13)22-2/h3-5,10,14H,6-9,11-12H2,1-2H3,(H2,19,20). The predicted molar refractivity (Wildman–Crippen MR) is 97.6 cm³/mol. The van der Waals surface area contributed by atoms with Crippen LogP contribution in [0, 0.1) is 0 Å². The Morgan fingerprint density at radius 2 is 2.17 bits per heavy atom. The van der Waals surface area contributed by atoms with Gasteiger partial charge in [-0.1, -0.05) is 12.1 Å². The summed E-state index contributed by atoms with van der Waals surface area (Å²) in [5.74, 6) is 0.880. The van der Waals surface area contributed by atoms with Gasteiger partial charge in [0.05, 0.1) is 12.8 Å². The maximum absolute atomic E-state index is 5.99. The Labute approximate surface area is 147 Å². The van der Waals surface area contributed by atoms with E-state index in [1.165, 1.54) is 10.4 Å². The molecule has 0 aliphatic carbocycles. The summed E-state index contributed by atoms with van der Waals surface area (Å²) in [5.41, 5.74) is 8.30. The van der Waals surface area contributed by atoms with E-state index in [1.54, 1.807) is 18.4 Å². The summed E-state index contributed by atoms with van der Waals surface area (Å²) in [5, 5.41) is 0.642. The number of thiazole rings is 1. The van der Waals surface area contributed by atoms with E-state index in [0.29, 0.717) is 11.2 Å². The second kappa shape index (κ2) is 7.96. The van der Waals surface area contributed by atoms with Gasteiger partial charge in [0.15, 0.2) is 5.13 Å². The van der Waals surface area contributed by atoms with Crippen LogP contribution in [0.2, 0.25) is 0 Å². The molecule has 2 aromatic rings. The molecule has 1 aromatic heterocycles. The molecular formula is C18H25N3O2S. The first kappa shape index (κ1) is 17.2. The molecule has 3 rings (SSSR count). The summed E-state index contributed by atoms with van der Waals surface area (Å²) in [6.07, 6.45) is 3.01. The zero-order valence-electron chi connectivity index (χ0n) is 14.3. The first-order valence-corrected chi connectivity index (χ1v) is 9.12. The van der Waals surface area contributed by atoms with Crippen LogP contribution in [-0.2, 0) is 17.7 Å². The minimum atomic E-state index is 0.561. The quantitative estimate of drug-likeness (QED) is 0.870. The molecule has 0 unspecified atom stereocenters. The van der Waals surface area contributed by atoms with Gasteiger partial charge in [0.1, 0.15) is 5.75 Å². The molecule has 0 atom stereocenters. The third kappa shape index (κ3) is 4.26. The van der Waals surface area contributed by atoms with Gasteiger partial charge in [-0.05, 0) is 37.6 Å². The Bertz CT molecular complexity index is 668. The molecule has 1 aromatic carbocycles. The predicted octanol–water partition coefficient (Wildman–Crippen LogP) is 2.94. The van der Waals surface area contributed by atoms with E-state index in [-0.39, 0.29) is 0 Å². The molecule has 2 heterocycles. The lowest BCUT2D eigenvalue weighted by Gasteiger charge is -2.30. The number of rotatable bonds is 6. The normalized spacial score (nSPS) is 15.8. The van der Waals surface area contributed by atoms with E-state index in [9.17, 15) is 0 Å². The van der Waals surface area contributed by atoms with E-state index < -0.39 is 0 Å². The number of hydrogen-bond acceptors (Lipinski definition) is 6. The van der Waals surface area contributed by atoms with Gasteiger partial charge in [-0.25, -0.2) is 4.98 Å². The average molecular weight is 347 g/mol. The highest BCUT2D eigenvalue weighted by Gasteiger charge is 2.21. The number of benzene rings is 1. The van der Waals surface area contributed by atoms with Gasteiger partial charge in [0.25, 0.3) is 0 Å².